The van der Waals surface area contributed by atoms with Gasteiger partial charge in [0, 0.05) is 17.5 Å². The molecule has 0 bridgehead atoms. The third-order valence-corrected chi connectivity index (χ3v) is 5.82. The van der Waals surface area contributed by atoms with E-state index in [-0.39, 0.29) is 23.9 Å². The van der Waals surface area contributed by atoms with E-state index in [1.807, 2.05) is 17.5 Å². The van der Waals surface area contributed by atoms with E-state index in [0.29, 0.717) is 0 Å². The summed E-state index contributed by atoms with van der Waals surface area (Å²) in [6.45, 7) is -1.11. The van der Waals surface area contributed by atoms with Gasteiger partial charge in [0.2, 0.25) is 0 Å². The van der Waals surface area contributed by atoms with Gasteiger partial charge < -0.3 is 14.8 Å². The average molecular weight is 441 g/mol. The van der Waals surface area contributed by atoms with Gasteiger partial charge in [0.25, 0.3) is 11.6 Å². The normalized spacial score (nSPS) is 15.2. The van der Waals surface area contributed by atoms with E-state index in [2.05, 4.69) is 15.0 Å². The number of hydrogen-bond acceptors (Lipinski definition) is 7. The molecule has 0 saturated carbocycles. The van der Waals surface area contributed by atoms with Crippen LogP contribution in [0.3, 0.4) is 0 Å². The van der Waals surface area contributed by atoms with E-state index < -0.39 is 28.9 Å². The SMILES string of the molecule is COc1cc(C(=O)NCC(c2cccs2)N2CCCC2)c([N+](=O)[O-])cc1OC(F)F. The molecule has 8 nitrogen and oxygen atoms in total. The summed E-state index contributed by atoms with van der Waals surface area (Å²) < 4.78 is 34.4. The highest BCUT2D eigenvalue weighted by Gasteiger charge is 2.28. The highest BCUT2D eigenvalue weighted by molar-refractivity contribution is 7.10. The second-order valence-corrected chi connectivity index (χ2v) is 7.62. The number of amides is 1. The van der Waals surface area contributed by atoms with Crippen LogP contribution >= 0.6 is 11.3 Å². The molecule has 1 aromatic carbocycles. The molecule has 1 unspecified atom stereocenters. The van der Waals surface area contributed by atoms with Crippen LogP contribution in [0.5, 0.6) is 11.5 Å². The van der Waals surface area contributed by atoms with E-state index in [0.717, 1.165) is 42.9 Å². The maximum Gasteiger partial charge on any atom is 0.387 e. The summed E-state index contributed by atoms with van der Waals surface area (Å²) >= 11 is 1.58. The number of nitro benzene ring substituents is 1. The largest absolute Gasteiger partial charge is 0.493 e. The second kappa shape index (κ2) is 9.81. The number of rotatable bonds is 9. The first kappa shape index (κ1) is 21.9. The fourth-order valence-corrected chi connectivity index (χ4v) is 4.32. The number of ether oxygens (including phenoxy) is 2. The molecule has 30 heavy (non-hydrogen) atoms. The zero-order valence-corrected chi connectivity index (χ0v) is 17.0. The van der Waals surface area contributed by atoms with Crippen molar-refractivity contribution in [2.75, 3.05) is 26.7 Å². The lowest BCUT2D eigenvalue weighted by Gasteiger charge is -2.27. The molecule has 0 spiro atoms. The average Bonchev–Trinajstić information content (AvgIpc) is 3.42. The molecule has 11 heteroatoms. The first-order valence-corrected chi connectivity index (χ1v) is 10.2. The van der Waals surface area contributed by atoms with Crippen molar-refractivity contribution in [1.29, 1.82) is 0 Å². The van der Waals surface area contributed by atoms with Gasteiger partial charge >= 0.3 is 6.61 Å². The molecule has 0 aliphatic carbocycles. The van der Waals surface area contributed by atoms with Crippen LogP contribution in [-0.4, -0.2) is 49.1 Å². The molecule has 1 fully saturated rings. The topological polar surface area (TPSA) is 93.9 Å². The molecule has 1 atom stereocenters. The molecule has 1 aliphatic rings. The van der Waals surface area contributed by atoms with Crippen LogP contribution in [0, 0.1) is 10.1 Å². The predicted octanol–water partition coefficient (Wildman–Crippen LogP) is 3.83. The van der Waals surface area contributed by atoms with Gasteiger partial charge in [-0.15, -0.1) is 11.3 Å². The lowest BCUT2D eigenvalue weighted by Crippen LogP contribution is -2.36. The minimum atomic E-state index is -3.19. The molecule has 1 aliphatic heterocycles. The van der Waals surface area contributed by atoms with Crippen LogP contribution in [-0.2, 0) is 0 Å². The zero-order valence-electron chi connectivity index (χ0n) is 16.2. The Kier molecular flexibility index (Phi) is 7.16. The first-order valence-electron chi connectivity index (χ1n) is 9.27. The fraction of sp³-hybridized carbons (Fsp3) is 0.421. The van der Waals surface area contributed by atoms with E-state index in [9.17, 15) is 23.7 Å². The Hall–Kier alpha value is -2.79. The van der Waals surface area contributed by atoms with Gasteiger partial charge in [0.05, 0.1) is 24.1 Å². The van der Waals surface area contributed by atoms with Gasteiger partial charge in [-0.25, -0.2) is 0 Å². The van der Waals surface area contributed by atoms with Crippen LogP contribution in [0.4, 0.5) is 14.5 Å². The number of carbonyl (C=O) groups is 1. The molecule has 2 aromatic rings. The van der Waals surface area contributed by atoms with Crippen molar-refractivity contribution in [3.63, 3.8) is 0 Å². The Morgan fingerprint density at radius 3 is 2.63 bits per heavy atom. The molecule has 2 heterocycles. The van der Waals surface area contributed by atoms with Gasteiger partial charge in [-0.05, 0) is 37.4 Å². The molecule has 1 aromatic heterocycles. The van der Waals surface area contributed by atoms with Crippen molar-refractivity contribution >= 4 is 22.9 Å². The van der Waals surface area contributed by atoms with Gasteiger partial charge in [0.1, 0.15) is 5.56 Å². The highest BCUT2D eigenvalue weighted by atomic mass is 32.1. The number of halogens is 2. The van der Waals surface area contributed by atoms with E-state index in [4.69, 9.17) is 4.74 Å². The highest BCUT2D eigenvalue weighted by Crippen LogP contribution is 2.36. The van der Waals surface area contributed by atoms with E-state index >= 15 is 0 Å². The summed E-state index contributed by atoms with van der Waals surface area (Å²) in [5, 5.41) is 16.1. The molecular weight excluding hydrogens is 420 g/mol. The Balaban J connectivity index is 1.83. The Labute approximate surface area is 175 Å². The first-order chi connectivity index (χ1) is 14.4. The van der Waals surface area contributed by atoms with Crippen LogP contribution in [0.1, 0.15) is 34.1 Å². The predicted molar refractivity (Wildman–Crippen MR) is 106 cm³/mol. The molecule has 1 N–H and O–H groups in total. The second-order valence-electron chi connectivity index (χ2n) is 6.64. The summed E-state index contributed by atoms with van der Waals surface area (Å²) in [6.07, 6.45) is 2.15. The number of carbonyl (C=O) groups excluding carboxylic acids is 1. The summed E-state index contributed by atoms with van der Waals surface area (Å²) in [5.74, 6) is -1.39. The monoisotopic (exact) mass is 441 g/mol. The lowest BCUT2D eigenvalue weighted by molar-refractivity contribution is -0.385. The standard InChI is InChI=1S/C19H21F2N3O5S/c1-28-15-9-12(13(24(26)27)10-16(15)29-19(20)21)18(25)22-11-14(17-5-4-8-30-17)23-6-2-3-7-23/h4-5,8-10,14,19H,2-3,6-7,11H2,1H3,(H,22,25). The van der Waals surface area contributed by atoms with Crippen molar-refractivity contribution in [1.82, 2.24) is 10.2 Å². The molecule has 3 rings (SSSR count). The number of likely N-dealkylation sites (tertiary alicyclic amines) is 1. The Morgan fingerprint density at radius 1 is 1.33 bits per heavy atom. The number of benzene rings is 1. The Bertz CT molecular complexity index is 889. The van der Waals surface area contributed by atoms with Gasteiger partial charge in [-0.2, -0.15) is 8.78 Å². The minimum absolute atomic E-state index is 0.0427. The summed E-state index contributed by atoms with van der Waals surface area (Å²) in [5.41, 5.74) is -0.928. The van der Waals surface area contributed by atoms with Crippen molar-refractivity contribution in [3.05, 3.63) is 50.2 Å². The number of hydrogen-bond donors (Lipinski definition) is 1. The molecule has 162 valence electrons. The van der Waals surface area contributed by atoms with Gasteiger partial charge in [-0.3, -0.25) is 19.8 Å². The van der Waals surface area contributed by atoms with Crippen LogP contribution in [0.15, 0.2) is 29.6 Å². The summed E-state index contributed by atoms with van der Waals surface area (Å²) in [7, 11) is 1.20. The molecule has 1 saturated heterocycles. The number of nitrogens with zero attached hydrogens (tertiary/aromatic N) is 2. The molecule has 1 amide bonds. The third kappa shape index (κ3) is 5.03. The van der Waals surface area contributed by atoms with Gasteiger partial charge in [-0.1, -0.05) is 6.07 Å². The quantitative estimate of drug-likeness (QED) is 0.470. The fourth-order valence-electron chi connectivity index (χ4n) is 3.46. The van der Waals surface area contributed by atoms with Crippen LogP contribution in [0.25, 0.3) is 0 Å². The van der Waals surface area contributed by atoms with E-state index in [1.54, 1.807) is 11.3 Å². The number of alkyl halides is 2. The number of nitrogens with one attached hydrogen (secondary N) is 1. The Morgan fingerprint density at radius 2 is 2.07 bits per heavy atom. The lowest BCUT2D eigenvalue weighted by atomic mass is 10.1. The third-order valence-electron chi connectivity index (χ3n) is 4.85. The number of thiophene rings is 1. The zero-order chi connectivity index (χ0) is 21.7. The van der Waals surface area contributed by atoms with Crippen LogP contribution in [0.2, 0.25) is 0 Å². The van der Waals surface area contributed by atoms with Gasteiger partial charge in [0.15, 0.2) is 11.5 Å². The summed E-state index contributed by atoms with van der Waals surface area (Å²) in [4.78, 5) is 26.8. The van der Waals surface area contributed by atoms with Crippen molar-refractivity contribution in [3.8, 4) is 11.5 Å². The maximum absolute atomic E-state index is 12.8. The molecular formula is C19H21F2N3O5S. The number of methoxy groups -OCH3 is 1. The smallest absolute Gasteiger partial charge is 0.387 e. The van der Waals surface area contributed by atoms with Crippen molar-refractivity contribution in [2.45, 2.75) is 25.5 Å². The summed E-state index contributed by atoms with van der Waals surface area (Å²) in [6, 6.07) is 5.70. The van der Waals surface area contributed by atoms with Crippen molar-refractivity contribution < 1.29 is 28.0 Å². The maximum atomic E-state index is 12.8. The van der Waals surface area contributed by atoms with Crippen LogP contribution < -0.4 is 14.8 Å². The molecule has 0 radical (unpaired) electrons. The minimum Gasteiger partial charge on any atom is -0.493 e. The number of nitro groups is 1. The van der Waals surface area contributed by atoms with Crippen molar-refractivity contribution in [2.24, 2.45) is 0 Å². The van der Waals surface area contributed by atoms with E-state index in [1.165, 1.54) is 7.11 Å².